The normalized spacial score (nSPS) is 12.9. The van der Waals surface area contributed by atoms with Crippen LogP contribution in [0.4, 0.5) is 25.2 Å². The number of aromatic nitrogens is 2. The second kappa shape index (κ2) is 25.1. The first-order chi connectivity index (χ1) is 28.3. The average Bonchev–Trinajstić information content (AvgIpc) is 4.01. The topological polar surface area (TPSA) is 17.8 Å². The summed E-state index contributed by atoms with van der Waals surface area (Å²) in [7, 11) is -11.5. The maximum atomic E-state index is 9.87. The molecule has 0 unspecified atom stereocenters. The van der Waals surface area contributed by atoms with Gasteiger partial charge in [-0.05, 0) is 86.2 Å². The Bertz CT molecular complexity index is 1790. The van der Waals surface area contributed by atoms with Gasteiger partial charge in [0.15, 0.2) is 0 Å². The molecule has 2 nitrogen and oxygen atoms in total. The molecular formula is C48H47F6N2P3Ru+. The Hall–Kier alpha value is -3.98. The third-order valence-corrected chi connectivity index (χ3v) is 12.9. The Labute approximate surface area is 367 Å². The third kappa shape index (κ3) is 21.5. The number of halogens is 6. The zero-order valence-corrected chi connectivity index (χ0v) is 37.3. The van der Waals surface area contributed by atoms with Crippen LogP contribution in [0.15, 0.2) is 201 Å². The van der Waals surface area contributed by atoms with E-state index in [-0.39, 0.29) is 19.5 Å². The number of hydrogen-bond donors (Lipinski definition) is 0. The molecule has 6 aromatic carbocycles. The van der Waals surface area contributed by atoms with Crippen LogP contribution < -0.4 is 31.8 Å². The molecule has 7 aromatic rings. The van der Waals surface area contributed by atoms with Crippen LogP contribution in [0.3, 0.4) is 0 Å². The van der Waals surface area contributed by atoms with Crippen LogP contribution in [0.1, 0.15) is 19.8 Å². The Morgan fingerprint density at radius 1 is 0.433 bits per heavy atom. The van der Waals surface area contributed by atoms with Gasteiger partial charge in [-0.25, -0.2) is 4.98 Å². The third-order valence-electron chi connectivity index (χ3n) is 7.97. The molecule has 1 aliphatic carbocycles. The van der Waals surface area contributed by atoms with E-state index < -0.39 is 23.7 Å². The van der Waals surface area contributed by atoms with Gasteiger partial charge in [-0.3, -0.25) is 0 Å². The molecule has 313 valence electrons. The molecule has 0 amide bonds. The Kier molecular flexibility index (Phi) is 21.1. The summed E-state index contributed by atoms with van der Waals surface area (Å²) in [5.41, 5.74) is 0. The van der Waals surface area contributed by atoms with Gasteiger partial charge < -0.3 is 4.57 Å². The van der Waals surface area contributed by atoms with Crippen molar-refractivity contribution < 1.29 is 44.7 Å². The van der Waals surface area contributed by atoms with Gasteiger partial charge in [0.1, 0.15) is 0 Å². The van der Waals surface area contributed by atoms with Crippen molar-refractivity contribution >= 4 is 55.5 Å². The maximum absolute atomic E-state index is 10.7. The van der Waals surface area contributed by atoms with E-state index in [1.54, 1.807) is 0 Å². The predicted molar refractivity (Wildman–Crippen MR) is 242 cm³/mol. The summed E-state index contributed by atoms with van der Waals surface area (Å²) in [5, 5.41) is 8.39. The fourth-order valence-corrected chi connectivity index (χ4v) is 10.0. The SMILES string of the molecule is CCCCn1ccnc1.F[P-](F)(F)(F)(F)F.[CH]1[CH][CH][CH][CH]1.[Ru+2].c1ccc(P(c2ccccc2)c2ccccc2)cc1.c1ccc(P(c2ccccc2)c2ccccc2)cc1. The maximum Gasteiger partial charge on any atom is 2.00 e. The molecule has 0 saturated heterocycles. The summed E-state index contributed by atoms with van der Waals surface area (Å²) < 4.78 is 61.3. The van der Waals surface area contributed by atoms with Crippen molar-refractivity contribution in [1.82, 2.24) is 9.55 Å². The largest absolute Gasteiger partial charge is 2.00 e. The molecule has 1 heterocycles. The number of aryl methyl sites for hydroxylation is 1. The zero-order valence-electron chi connectivity index (χ0n) is 32.9. The van der Waals surface area contributed by atoms with E-state index >= 15 is 0 Å². The molecule has 0 spiro atoms. The number of unbranched alkanes of at least 4 members (excludes halogenated alkanes) is 1. The summed E-state index contributed by atoms with van der Waals surface area (Å²) in [6.45, 7) is 3.30. The molecule has 1 fully saturated rings. The van der Waals surface area contributed by atoms with E-state index in [9.17, 15) is 25.2 Å². The minimum absolute atomic E-state index is 0. The van der Waals surface area contributed by atoms with Crippen molar-refractivity contribution in [1.29, 1.82) is 0 Å². The van der Waals surface area contributed by atoms with Crippen LogP contribution in [-0.2, 0) is 26.0 Å². The first-order valence-corrected chi connectivity index (χ1v) is 23.6. The van der Waals surface area contributed by atoms with E-state index in [0.717, 1.165) is 6.54 Å². The Morgan fingerprint density at radius 2 is 0.667 bits per heavy atom. The van der Waals surface area contributed by atoms with E-state index in [0.29, 0.717) is 0 Å². The summed E-state index contributed by atoms with van der Waals surface area (Å²) >= 11 is 0. The standard InChI is InChI=1S/2C18H15P.C7H12N2.C5H5.F6P.Ru/c2*1-4-10-16(11-5-1)19(17-12-6-2-7-13-17)18-14-8-3-9-15-18;1-2-3-5-9-6-4-8-7-9;1-2-4-5-3-1;1-7(2,3,4,5)6;/h2*1-15H;4,6-7H,2-3,5H2,1H3;1-5H;;/q;;;;-1;+2. The molecule has 12 heteroatoms. The average molecular weight is 960 g/mol. The molecule has 60 heavy (non-hydrogen) atoms. The van der Waals surface area contributed by atoms with Gasteiger partial charge in [-0.2, -0.15) is 0 Å². The summed E-state index contributed by atoms with van der Waals surface area (Å²) in [6, 6.07) is 64.7. The zero-order chi connectivity index (χ0) is 42.3. The van der Waals surface area contributed by atoms with Gasteiger partial charge in [-0.15, -0.1) is 0 Å². The Balaban J connectivity index is 0.000000218. The smallest absolute Gasteiger partial charge is 0.0622 e. The number of rotatable bonds is 9. The van der Waals surface area contributed by atoms with Crippen molar-refractivity contribution in [3.05, 3.63) is 233 Å². The quantitative estimate of drug-likeness (QED) is 0.0801. The monoisotopic (exact) mass is 960 g/mol. The minimum atomic E-state index is -10.7. The fourth-order valence-electron chi connectivity index (χ4n) is 5.44. The van der Waals surface area contributed by atoms with E-state index in [1.807, 2.05) is 50.8 Å². The molecule has 0 aliphatic heterocycles. The molecule has 0 N–H and O–H groups in total. The fraction of sp³-hybridized carbons (Fsp3) is 0.0833. The van der Waals surface area contributed by atoms with Crippen LogP contribution in [0.2, 0.25) is 0 Å². The molecular weight excluding hydrogens is 913 g/mol. The van der Waals surface area contributed by atoms with Gasteiger partial charge in [0.25, 0.3) is 0 Å². The molecule has 0 bridgehead atoms. The van der Waals surface area contributed by atoms with Crippen LogP contribution in [0, 0.1) is 32.1 Å². The molecule has 5 radical (unpaired) electrons. The van der Waals surface area contributed by atoms with Crippen LogP contribution in [0.5, 0.6) is 0 Å². The Morgan fingerprint density at radius 3 is 0.850 bits per heavy atom. The van der Waals surface area contributed by atoms with Gasteiger partial charge in [0, 0.05) is 18.9 Å². The molecule has 1 saturated carbocycles. The number of hydrogen-bond acceptors (Lipinski definition) is 1. The van der Waals surface area contributed by atoms with Crippen LogP contribution >= 0.6 is 23.7 Å². The van der Waals surface area contributed by atoms with E-state index in [4.69, 9.17) is 0 Å². The molecule has 1 aromatic heterocycles. The minimum Gasteiger partial charge on any atom is -0.0622 e. The molecule has 0 atom stereocenters. The van der Waals surface area contributed by atoms with Gasteiger partial charge >= 0.3 is 52.5 Å². The van der Waals surface area contributed by atoms with Gasteiger partial charge in [0.05, 0.1) is 6.33 Å². The first-order valence-electron chi connectivity index (χ1n) is 18.9. The second-order valence-corrected chi connectivity index (χ2v) is 19.1. The summed E-state index contributed by atoms with van der Waals surface area (Å²) in [5.74, 6) is 0. The summed E-state index contributed by atoms with van der Waals surface area (Å²) in [4.78, 5) is 3.94. The molecule has 1 aliphatic rings. The van der Waals surface area contributed by atoms with Crippen molar-refractivity contribution in [3.63, 3.8) is 0 Å². The van der Waals surface area contributed by atoms with Crippen molar-refractivity contribution in [2.45, 2.75) is 26.3 Å². The number of nitrogens with zero attached hydrogens (tertiary/aromatic N) is 2. The number of imidazole rings is 1. The molecule has 8 rings (SSSR count). The first kappa shape index (κ1) is 50.4. The summed E-state index contributed by atoms with van der Waals surface area (Å²) in [6.07, 6.45) is 18.2. The van der Waals surface area contributed by atoms with Crippen LogP contribution in [-0.4, -0.2) is 9.55 Å². The van der Waals surface area contributed by atoms with Gasteiger partial charge in [-0.1, -0.05) is 195 Å². The van der Waals surface area contributed by atoms with E-state index in [2.05, 4.69) is 198 Å². The van der Waals surface area contributed by atoms with Crippen molar-refractivity contribution in [2.75, 3.05) is 0 Å². The van der Waals surface area contributed by atoms with E-state index in [1.165, 1.54) is 44.7 Å². The van der Waals surface area contributed by atoms with Crippen molar-refractivity contribution in [3.8, 4) is 0 Å². The van der Waals surface area contributed by atoms with Crippen molar-refractivity contribution in [2.24, 2.45) is 0 Å². The van der Waals surface area contributed by atoms with Gasteiger partial charge in [0.2, 0.25) is 0 Å². The van der Waals surface area contributed by atoms with Crippen LogP contribution in [0.25, 0.3) is 0 Å². The second-order valence-electron chi connectivity index (χ2n) is 12.8. The predicted octanol–water partition coefficient (Wildman–Crippen LogP) is 13.0. The number of benzene rings is 6.